The average Bonchev–Trinajstić information content (AvgIpc) is 2.44. The average molecular weight is 383 g/mol. The molecule has 0 saturated carbocycles. The van der Waals surface area contributed by atoms with Crippen LogP contribution in [0.1, 0.15) is 5.56 Å². The monoisotopic (exact) mass is 382 g/mol. The van der Waals surface area contributed by atoms with Gasteiger partial charge >= 0.3 is 6.18 Å². The quantitative estimate of drug-likeness (QED) is 0.494. The first-order chi connectivity index (χ1) is 10.7. The molecule has 0 saturated heterocycles. The Morgan fingerprint density at radius 2 is 1.61 bits per heavy atom. The van der Waals surface area contributed by atoms with Gasteiger partial charge in [0.25, 0.3) is 0 Å². The van der Waals surface area contributed by atoms with E-state index >= 15 is 0 Å². The summed E-state index contributed by atoms with van der Waals surface area (Å²) in [5.74, 6) is -0.876. The van der Waals surface area contributed by atoms with Crippen molar-refractivity contribution < 1.29 is 17.6 Å². The molecule has 0 aliphatic carbocycles. The third-order valence-electron chi connectivity index (χ3n) is 2.72. The molecule has 2 rings (SSSR count). The van der Waals surface area contributed by atoms with Crippen molar-refractivity contribution in [1.82, 2.24) is 0 Å². The molecule has 0 spiro atoms. The minimum atomic E-state index is -4.59. The highest BCUT2D eigenvalue weighted by atomic mass is 35.5. The van der Waals surface area contributed by atoms with Crippen LogP contribution in [-0.2, 0) is 6.18 Å². The van der Waals surface area contributed by atoms with Crippen molar-refractivity contribution in [3.63, 3.8) is 0 Å². The van der Waals surface area contributed by atoms with E-state index in [1.807, 2.05) is 0 Å². The molecule has 0 heterocycles. The van der Waals surface area contributed by atoms with Gasteiger partial charge in [-0.3, -0.25) is 0 Å². The van der Waals surface area contributed by atoms with Gasteiger partial charge in [0.2, 0.25) is 0 Å². The van der Waals surface area contributed by atoms with Gasteiger partial charge in [-0.25, -0.2) is 4.39 Å². The van der Waals surface area contributed by atoms with Crippen LogP contribution in [0.2, 0.25) is 10.0 Å². The van der Waals surface area contributed by atoms with Gasteiger partial charge in [-0.15, -0.1) is 0 Å². The van der Waals surface area contributed by atoms with E-state index < -0.39 is 23.2 Å². The van der Waals surface area contributed by atoms with Crippen molar-refractivity contribution in [2.75, 3.05) is 10.6 Å². The Bertz CT molecular complexity index is 750. The smallest absolute Gasteiger partial charge is 0.331 e. The number of alkyl halides is 3. The normalized spacial score (nSPS) is 11.2. The number of benzene rings is 2. The Balaban J connectivity index is 2.18. The van der Waals surface area contributed by atoms with Gasteiger partial charge in [-0.05, 0) is 48.6 Å². The first-order valence-corrected chi connectivity index (χ1v) is 7.23. The maximum atomic E-state index is 13.6. The Labute approximate surface area is 144 Å². The summed E-state index contributed by atoms with van der Waals surface area (Å²) in [5, 5.41) is 5.54. The van der Waals surface area contributed by atoms with Crippen molar-refractivity contribution in [2.45, 2.75) is 6.18 Å². The zero-order chi connectivity index (χ0) is 17.2. The molecule has 2 aromatic rings. The summed E-state index contributed by atoms with van der Waals surface area (Å²) in [6, 6.07) is 6.52. The van der Waals surface area contributed by atoms with Crippen molar-refractivity contribution >= 4 is 51.9 Å². The zero-order valence-electron chi connectivity index (χ0n) is 11.1. The fourth-order valence-electron chi connectivity index (χ4n) is 1.67. The molecule has 9 heteroatoms. The SMILES string of the molecule is Fc1ccc(C(F)(F)F)cc1NC(=S)Nc1cc(Cl)ccc1Cl. The summed E-state index contributed by atoms with van der Waals surface area (Å²) in [6.45, 7) is 0. The highest BCUT2D eigenvalue weighted by molar-refractivity contribution is 7.80. The van der Waals surface area contributed by atoms with Crippen LogP contribution in [0.25, 0.3) is 0 Å². The van der Waals surface area contributed by atoms with E-state index in [-0.39, 0.29) is 5.11 Å². The summed E-state index contributed by atoms with van der Waals surface area (Å²) >= 11 is 16.7. The molecule has 0 bridgehead atoms. The fraction of sp³-hybridized carbons (Fsp3) is 0.0714. The van der Waals surface area contributed by atoms with Crippen molar-refractivity contribution in [3.05, 3.63) is 57.8 Å². The van der Waals surface area contributed by atoms with E-state index in [9.17, 15) is 17.6 Å². The van der Waals surface area contributed by atoms with Crippen LogP contribution in [0.3, 0.4) is 0 Å². The van der Waals surface area contributed by atoms with E-state index in [1.165, 1.54) is 12.1 Å². The number of anilines is 2. The van der Waals surface area contributed by atoms with Gasteiger partial charge in [-0.1, -0.05) is 23.2 Å². The molecule has 0 atom stereocenters. The van der Waals surface area contributed by atoms with Crippen LogP contribution in [0.4, 0.5) is 28.9 Å². The maximum Gasteiger partial charge on any atom is 0.416 e. The van der Waals surface area contributed by atoms with Crippen LogP contribution < -0.4 is 10.6 Å². The van der Waals surface area contributed by atoms with Crippen LogP contribution in [-0.4, -0.2) is 5.11 Å². The Hall–Kier alpha value is -1.57. The maximum absolute atomic E-state index is 13.6. The minimum Gasteiger partial charge on any atom is -0.331 e. The van der Waals surface area contributed by atoms with Crippen LogP contribution >= 0.6 is 35.4 Å². The predicted molar refractivity (Wildman–Crippen MR) is 87.7 cm³/mol. The molecule has 0 aromatic heterocycles. The van der Waals surface area contributed by atoms with E-state index in [0.717, 1.165) is 0 Å². The summed E-state index contributed by atoms with van der Waals surface area (Å²) in [6.07, 6.45) is -4.59. The first kappa shape index (κ1) is 17.8. The topological polar surface area (TPSA) is 24.1 Å². The molecule has 23 heavy (non-hydrogen) atoms. The molecule has 2 N–H and O–H groups in total. The predicted octanol–water partition coefficient (Wildman–Crippen LogP) is 5.96. The Morgan fingerprint density at radius 1 is 0.957 bits per heavy atom. The number of hydrogen-bond donors (Lipinski definition) is 2. The van der Waals surface area contributed by atoms with Gasteiger partial charge < -0.3 is 10.6 Å². The molecule has 0 radical (unpaired) electrons. The number of thiocarbonyl (C=S) groups is 1. The third-order valence-corrected chi connectivity index (χ3v) is 3.49. The lowest BCUT2D eigenvalue weighted by atomic mass is 10.2. The van der Waals surface area contributed by atoms with Gasteiger partial charge in [0.15, 0.2) is 5.11 Å². The van der Waals surface area contributed by atoms with Crippen LogP contribution in [0.15, 0.2) is 36.4 Å². The highest BCUT2D eigenvalue weighted by Crippen LogP contribution is 2.32. The standard InChI is InChI=1S/C14H8Cl2F4N2S/c15-8-2-3-9(16)11(6-8)21-13(23)22-12-5-7(14(18,19)20)1-4-10(12)17/h1-6H,(H2,21,22,23). The van der Waals surface area contributed by atoms with Gasteiger partial charge in [-0.2, -0.15) is 13.2 Å². The molecule has 0 amide bonds. The second-order valence-corrected chi connectivity index (χ2v) is 5.65. The summed E-state index contributed by atoms with van der Waals surface area (Å²) in [7, 11) is 0. The second-order valence-electron chi connectivity index (χ2n) is 4.40. The Kier molecular flexibility index (Phi) is 5.33. The van der Waals surface area contributed by atoms with Crippen molar-refractivity contribution in [2.24, 2.45) is 0 Å². The van der Waals surface area contributed by atoms with E-state index in [4.69, 9.17) is 35.4 Å². The summed E-state index contributed by atoms with van der Waals surface area (Å²) in [5.41, 5.74) is -1.07. The molecule has 2 aromatic carbocycles. The fourth-order valence-corrected chi connectivity index (χ4v) is 2.22. The first-order valence-electron chi connectivity index (χ1n) is 6.06. The number of rotatable bonds is 2. The Morgan fingerprint density at radius 3 is 2.26 bits per heavy atom. The second kappa shape index (κ2) is 6.90. The molecule has 0 aliphatic rings. The van der Waals surface area contributed by atoms with Crippen LogP contribution in [0.5, 0.6) is 0 Å². The molecule has 2 nitrogen and oxygen atoms in total. The van der Waals surface area contributed by atoms with Gasteiger partial charge in [0.05, 0.1) is 22.0 Å². The van der Waals surface area contributed by atoms with Gasteiger partial charge in [0, 0.05) is 5.02 Å². The lowest BCUT2D eigenvalue weighted by Crippen LogP contribution is -2.20. The number of hydrogen-bond acceptors (Lipinski definition) is 1. The summed E-state index contributed by atoms with van der Waals surface area (Å²) < 4.78 is 51.6. The van der Waals surface area contributed by atoms with Crippen molar-refractivity contribution in [3.8, 4) is 0 Å². The van der Waals surface area contributed by atoms with E-state index in [0.29, 0.717) is 33.9 Å². The largest absolute Gasteiger partial charge is 0.416 e. The molecule has 0 unspecified atom stereocenters. The molecular formula is C14H8Cl2F4N2S. The molecule has 0 fully saturated rings. The van der Waals surface area contributed by atoms with Gasteiger partial charge in [0.1, 0.15) is 5.82 Å². The summed E-state index contributed by atoms with van der Waals surface area (Å²) in [4.78, 5) is 0. The number of nitrogens with one attached hydrogen (secondary N) is 2. The molecular weight excluding hydrogens is 375 g/mol. The molecule has 122 valence electrons. The minimum absolute atomic E-state index is 0.132. The van der Waals surface area contributed by atoms with E-state index in [2.05, 4.69) is 10.6 Å². The molecule has 0 aliphatic heterocycles. The number of halogens is 6. The van der Waals surface area contributed by atoms with E-state index in [1.54, 1.807) is 6.07 Å². The third kappa shape index (κ3) is 4.70. The lowest BCUT2D eigenvalue weighted by Gasteiger charge is -2.14. The highest BCUT2D eigenvalue weighted by Gasteiger charge is 2.31. The zero-order valence-corrected chi connectivity index (χ0v) is 13.5. The lowest BCUT2D eigenvalue weighted by molar-refractivity contribution is -0.137. The van der Waals surface area contributed by atoms with Crippen molar-refractivity contribution in [1.29, 1.82) is 0 Å². The van der Waals surface area contributed by atoms with Crippen LogP contribution in [0, 0.1) is 5.82 Å².